The van der Waals surface area contributed by atoms with E-state index < -0.39 is 0 Å². The summed E-state index contributed by atoms with van der Waals surface area (Å²) in [7, 11) is 0. The number of aromatic nitrogens is 6. The average Bonchev–Trinajstić information content (AvgIpc) is 3.37. The Kier molecular flexibility index (Phi) is 3.41. The Morgan fingerprint density at radius 2 is 2.08 bits per heavy atom. The molecular weight excluding hydrogens is 333 g/mol. The lowest BCUT2D eigenvalue weighted by Crippen LogP contribution is -2.11. The van der Waals surface area contributed by atoms with E-state index in [0.29, 0.717) is 23.4 Å². The van der Waals surface area contributed by atoms with Crippen LogP contribution in [0.25, 0.3) is 16.9 Å². The van der Waals surface area contributed by atoms with E-state index in [0.717, 1.165) is 36.9 Å². The van der Waals surface area contributed by atoms with Gasteiger partial charge in [-0.3, -0.25) is 0 Å². The number of benzene rings is 1. The summed E-state index contributed by atoms with van der Waals surface area (Å²) in [6, 6.07) is 10.2. The van der Waals surface area contributed by atoms with E-state index in [1.165, 1.54) is 6.07 Å². The van der Waals surface area contributed by atoms with Crippen LogP contribution in [0.5, 0.6) is 0 Å². The van der Waals surface area contributed by atoms with Crippen LogP contribution in [0.3, 0.4) is 0 Å². The molecule has 0 amide bonds. The number of hydrogen-bond acceptors (Lipinski definition) is 5. The van der Waals surface area contributed by atoms with Crippen molar-refractivity contribution in [3.8, 4) is 11.3 Å². The van der Waals surface area contributed by atoms with Crippen molar-refractivity contribution in [2.24, 2.45) is 0 Å². The molecule has 0 radical (unpaired) electrons. The molecule has 0 saturated heterocycles. The quantitative estimate of drug-likeness (QED) is 0.613. The zero-order valence-corrected chi connectivity index (χ0v) is 13.9. The van der Waals surface area contributed by atoms with E-state index in [1.807, 2.05) is 0 Å². The molecule has 5 rings (SSSR count). The van der Waals surface area contributed by atoms with Crippen LogP contribution in [-0.2, 0) is 19.5 Å². The Labute approximate surface area is 148 Å². The molecule has 0 saturated carbocycles. The Morgan fingerprint density at radius 1 is 1.15 bits per heavy atom. The van der Waals surface area contributed by atoms with Crippen molar-refractivity contribution in [1.82, 2.24) is 29.4 Å². The van der Waals surface area contributed by atoms with Gasteiger partial charge in [-0.1, -0.05) is 12.1 Å². The zero-order chi connectivity index (χ0) is 17.5. The monoisotopic (exact) mass is 349 g/mol. The number of hydrogen-bond donors (Lipinski definition) is 1. The van der Waals surface area contributed by atoms with Crippen LogP contribution >= 0.6 is 0 Å². The molecule has 4 heterocycles. The third-order valence-corrected chi connectivity index (χ3v) is 4.62. The molecule has 0 fully saturated rings. The minimum Gasteiger partial charge on any atom is -0.363 e. The Balaban J connectivity index is 1.52. The second-order valence-corrected chi connectivity index (χ2v) is 6.25. The van der Waals surface area contributed by atoms with Crippen molar-refractivity contribution in [3.63, 3.8) is 0 Å². The van der Waals surface area contributed by atoms with E-state index in [4.69, 9.17) is 0 Å². The minimum atomic E-state index is -0.301. The summed E-state index contributed by atoms with van der Waals surface area (Å²) in [6.07, 6.45) is 3.75. The highest BCUT2D eigenvalue weighted by atomic mass is 19.1. The number of anilines is 1. The lowest BCUT2D eigenvalue weighted by atomic mass is 10.1. The second kappa shape index (κ2) is 5.91. The van der Waals surface area contributed by atoms with Crippen molar-refractivity contribution < 1.29 is 4.39 Å². The molecule has 4 aromatic rings. The third-order valence-electron chi connectivity index (χ3n) is 4.62. The van der Waals surface area contributed by atoms with Crippen molar-refractivity contribution in [2.75, 3.05) is 5.32 Å². The molecule has 0 bridgehead atoms. The topological polar surface area (TPSA) is 72.9 Å². The third kappa shape index (κ3) is 2.42. The molecule has 1 aromatic carbocycles. The van der Waals surface area contributed by atoms with Gasteiger partial charge >= 0.3 is 0 Å². The normalized spacial score (nSPS) is 13.3. The molecular formula is C18H16FN7. The number of nitrogens with zero attached hydrogens (tertiary/aromatic N) is 6. The van der Waals surface area contributed by atoms with Gasteiger partial charge in [-0.05, 0) is 18.6 Å². The van der Waals surface area contributed by atoms with Crippen LogP contribution in [0.4, 0.5) is 10.2 Å². The number of fused-ring (bicyclic) bond motifs is 2. The Morgan fingerprint density at radius 3 is 3.00 bits per heavy atom. The van der Waals surface area contributed by atoms with Gasteiger partial charge in [-0.15, -0.1) is 10.2 Å². The molecule has 0 unspecified atom stereocenters. The van der Waals surface area contributed by atoms with Crippen molar-refractivity contribution in [1.29, 1.82) is 0 Å². The second-order valence-electron chi connectivity index (χ2n) is 6.25. The molecule has 0 aliphatic carbocycles. The fourth-order valence-corrected chi connectivity index (χ4v) is 3.36. The highest BCUT2D eigenvalue weighted by Crippen LogP contribution is 2.25. The van der Waals surface area contributed by atoms with Gasteiger partial charge in [0, 0.05) is 30.7 Å². The van der Waals surface area contributed by atoms with Gasteiger partial charge in [0.2, 0.25) is 0 Å². The van der Waals surface area contributed by atoms with E-state index >= 15 is 0 Å². The summed E-state index contributed by atoms with van der Waals surface area (Å²) in [6.45, 7) is 1.47. The van der Waals surface area contributed by atoms with Crippen LogP contribution in [0, 0.1) is 5.82 Å². The molecule has 0 atom stereocenters. The van der Waals surface area contributed by atoms with Crippen molar-refractivity contribution >= 4 is 11.5 Å². The molecule has 1 aliphatic heterocycles. The fourth-order valence-electron chi connectivity index (χ4n) is 3.36. The molecule has 26 heavy (non-hydrogen) atoms. The van der Waals surface area contributed by atoms with Gasteiger partial charge in [0.1, 0.15) is 17.5 Å². The zero-order valence-electron chi connectivity index (χ0n) is 13.9. The van der Waals surface area contributed by atoms with E-state index in [2.05, 4.69) is 30.2 Å². The maximum atomic E-state index is 14.2. The smallest absolute Gasteiger partial charge is 0.157 e. The SMILES string of the molecule is Fc1ccccc1-c1cc(NCc2nnc3n2CCC3)n2nccc2n1. The van der Waals surface area contributed by atoms with Gasteiger partial charge < -0.3 is 9.88 Å². The van der Waals surface area contributed by atoms with E-state index in [9.17, 15) is 4.39 Å². The summed E-state index contributed by atoms with van der Waals surface area (Å²) in [5, 5.41) is 16.1. The van der Waals surface area contributed by atoms with Crippen LogP contribution in [-0.4, -0.2) is 29.4 Å². The first-order chi connectivity index (χ1) is 12.8. The number of halogens is 1. The largest absolute Gasteiger partial charge is 0.363 e. The molecule has 130 valence electrons. The molecule has 7 nitrogen and oxygen atoms in total. The summed E-state index contributed by atoms with van der Waals surface area (Å²) < 4.78 is 18.0. The maximum Gasteiger partial charge on any atom is 0.157 e. The number of rotatable bonds is 4. The fraction of sp³-hybridized carbons (Fsp3) is 0.222. The predicted octanol–water partition coefficient (Wildman–Crippen LogP) is 2.69. The van der Waals surface area contributed by atoms with Gasteiger partial charge in [-0.25, -0.2) is 9.37 Å². The first-order valence-electron chi connectivity index (χ1n) is 8.54. The number of nitrogens with one attached hydrogen (secondary N) is 1. The highest BCUT2D eigenvalue weighted by molar-refractivity contribution is 5.66. The predicted molar refractivity (Wildman–Crippen MR) is 94.1 cm³/mol. The maximum absolute atomic E-state index is 14.2. The van der Waals surface area contributed by atoms with E-state index in [1.54, 1.807) is 41.0 Å². The van der Waals surface area contributed by atoms with E-state index in [-0.39, 0.29) is 5.82 Å². The lowest BCUT2D eigenvalue weighted by Gasteiger charge is -2.11. The average molecular weight is 349 g/mol. The summed E-state index contributed by atoms with van der Waals surface area (Å²) in [5.41, 5.74) is 1.67. The summed E-state index contributed by atoms with van der Waals surface area (Å²) in [5.74, 6) is 2.36. The standard InChI is InChI=1S/C18H16FN7/c19-13-5-2-1-4-12(13)14-10-17(26-15(22-14)7-8-21-26)20-11-18-24-23-16-6-3-9-25(16)18/h1-2,4-5,7-8,10,20H,3,6,9,11H2. The first kappa shape index (κ1) is 15.0. The molecule has 1 aliphatic rings. The van der Waals surface area contributed by atoms with Crippen LogP contribution in [0.2, 0.25) is 0 Å². The Bertz CT molecular complexity index is 1100. The molecule has 0 spiro atoms. The first-order valence-corrected chi connectivity index (χ1v) is 8.54. The number of aryl methyl sites for hydroxylation is 1. The van der Waals surface area contributed by atoms with Crippen molar-refractivity contribution in [2.45, 2.75) is 25.9 Å². The van der Waals surface area contributed by atoms with Gasteiger partial charge in [0.25, 0.3) is 0 Å². The van der Waals surface area contributed by atoms with Gasteiger partial charge in [-0.2, -0.15) is 9.61 Å². The van der Waals surface area contributed by atoms with Gasteiger partial charge in [0.05, 0.1) is 18.4 Å². The summed E-state index contributed by atoms with van der Waals surface area (Å²) in [4.78, 5) is 4.52. The highest BCUT2D eigenvalue weighted by Gasteiger charge is 2.17. The van der Waals surface area contributed by atoms with Crippen LogP contribution < -0.4 is 5.32 Å². The molecule has 8 heteroatoms. The molecule has 1 N–H and O–H groups in total. The van der Waals surface area contributed by atoms with Crippen LogP contribution in [0.15, 0.2) is 42.6 Å². The minimum absolute atomic E-state index is 0.301. The molecule has 3 aromatic heterocycles. The lowest BCUT2D eigenvalue weighted by molar-refractivity contribution is 0.630. The summed E-state index contributed by atoms with van der Waals surface area (Å²) >= 11 is 0. The van der Waals surface area contributed by atoms with Crippen LogP contribution in [0.1, 0.15) is 18.1 Å². The van der Waals surface area contributed by atoms with Crippen molar-refractivity contribution in [3.05, 3.63) is 60.1 Å². The Hall–Kier alpha value is -3.29. The van der Waals surface area contributed by atoms with Gasteiger partial charge in [0.15, 0.2) is 11.5 Å².